The molecule has 1 fully saturated rings. The summed E-state index contributed by atoms with van der Waals surface area (Å²) in [6.45, 7) is 5.56. The van der Waals surface area contributed by atoms with Gasteiger partial charge in [-0.15, -0.1) is 13.2 Å². The summed E-state index contributed by atoms with van der Waals surface area (Å²) in [7, 11) is 0. The topological polar surface area (TPSA) is 97.5 Å². The number of halogens is 4. The molecule has 1 aliphatic heterocycles. The predicted octanol–water partition coefficient (Wildman–Crippen LogP) is 3.66. The van der Waals surface area contributed by atoms with Gasteiger partial charge in [-0.3, -0.25) is 4.79 Å². The van der Waals surface area contributed by atoms with Crippen LogP contribution in [0.4, 0.5) is 24.8 Å². The number of hydrogen-bond donors (Lipinski definition) is 1. The van der Waals surface area contributed by atoms with Gasteiger partial charge < -0.3 is 20.3 Å². The van der Waals surface area contributed by atoms with E-state index in [1.807, 2.05) is 4.90 Å². The largest absolute Gasteiger partial charge is 0.573 e. The lowest BCUT2D eigenvalue weighted by atomic mass is 10.1. The molecular formula is C21H18ClF3N6O2. The summed E-state index contributed by atoms with van der Waals surface area (Å²) in [6.07, 6.45) is -2.28. The fourth-order valence-corrected chi connectivity index (χ4v) is 3.88. The third-order valence-corrected chi connectivity index (χ3v) is 5.44. The van der Waals surface area contributed by atoms with E-state index in [2.05, 4.69) is 26.3 Å². The Hall–Kier alpha value is -3.60. The second-order valence-corrected chi connectivity index (χ2v) is 7.60. The number of carbonyl (C=O) groups is 1. The number of aromatic nitrogens is 3. The SMILES string of the molecule is C=CC(=O)N1CCN(c2ncnc3cc(-c4nc(N)ccc4OC(F)(F)F)c(Cl)cc23)CC1. The van der Waals surface area contributed by atoms with Gasteiger partial charge in [-0.1, -0.05) is 18.2 Å². The van der Waals surface area contributed by atoms with Gasteiger partial charge in [0.2, 0.25) is 5.91 Å². The Labute approximate surface area is 191 Å². The molecule has 0 atom stereocenters. The number of pyridine rings is 1. The zero-order valence-corrected chi connectivity index (χ0v) is 17.9. The third-order valence-electron chi connectivity index (χ3n) is 5.13. The van der Waals surface area contributed by atoms with Gasteiger partial charge in [-0.25, -0.2) is 15.0 Å². The maximum absolute atomic E-state index is 12.9. The monoisotopic (exact) mass is 478 g/mol. The van der Waals surface area contributed by atoms with E-state index in [0.717, 1.165) is 6.07 Å². The average Bonchev–Trinajstić information content (AvgIpc) is 2.78. The molecule has 4 rings (SSSR count). The molecule has 172 valence electrons. The van der Waals surface area contributed by atoms with Gasteiger partial charge in [-0.2, -0.15) is 0 Å². The maximum Gasteiger partial charge on any atom is 0.573 e. The minimum absolute atomic E-state index is 0.00556. The molecule has 3 aromatic rings. The minimum atomic E-state index is -4.92. The Balaban J connectivity index is 1.73. The highest BCUT2D eigenvalue weighted by Crippen LogP contribution is 2.39. The number of fused-ring (bicyclic) bond motifs is 1. The van der Waals surface area contributed by atoms with Crippen molar-refractivity contribution in [1.82, 2.24) is 19.9 Å². The Morgan fingerprint density at radius 2 is 1.91 bits per heavy atom. The van der Waals surface area contributed by atoms with Crippen molar-refractivity contribution in [2.24, 2.45) is 0 Å². The zero-order chi connectivity index (χ0) is 23.8. The van der Waals surface area contributed by atoms with E-state index in [9.17, 15) is 18.0 Å². The molecule has 0 spiro atoms. The average molecular weight is 479 g/mol. The first-order valence-electron chi connectivity index (χ1n) is 9.79. The van der Waals surface area contributed by atoms with Crippen LogP contribution in [0.5, 0.6) is 5.75 Å². The second kappa shape index (κ2) is 8.74. The van der Waals surface area contributed by atoms with Crippen LogP contribution in [-0.4, -0.2) is 58.3 Å². The van der Waals surface area contributed by atoms with Crippen LogP contribution in [0.15, 0.2) is 43.2 Å². The summed E-state index contributed by atoms with van der Waals surface area (Å²) in [6, 6.07) is 5.38. The van der Waals surface area contributed by atoms with E-state index in [1.54, 1.807) is 11.0 Å². The third kappa shape index (κ3) is 4.77. The smallest absolute Gasteiger partial charge is 0.403 e. The first-order valence-corrected chi connectivity index (χ1v) is 10.2. The Bertz CT molecular complexity index is 1230. The van der Waals surface area contributed by atoms with Gasteiger partial charge in [0.15, 0.2) is 5.75 Å². The number of alkyl halides is 3. The number of rotatable bonds is 4. The van der Waals surface area contributed by atoms with Gasteiger partial charge in [0.25, 0.3) is 0 Å². The molecule has 3 heterocycles. The van der Waals surface area contributed by atoms with Crippen molar-refractivity contribution in [3.63, 3.8) is 0 Å². The highest BCUT2D eigenvalue weighted by molar-refractivity contribution is 6.34. The van der Waals surface area contributed by atoms with Gasteiger partial charge in [0.1, 0.15) is 23.7 Å². The number of nitrogens with zero attached hydrogens (tertiary/aromatic N) is 5. The minimum Gasteiger partial charge on any atom is -0.403 e. The van der Waals surface area contributed by atoms with Crippen LogP contribution >= 0.6 is 11.6 Å². The lowest BCUT2D eigenvalue weighted by Crippen LogP contribution is -2.48. The number of anilines is 2. The molecular weight excluding hydrogens is 461 g/mol. The van der Waals surface area contributed by atoms with E-state index in [-0.39, 0.29) is 28.0 Å². The van der Waals surface area contributed by atoms with Crippen molar-refractivity contribution in [3.05, 3.63) is 48.3 Å². The maximum atomic E-state index is 12.9. The number of piperazine rings is 1. The Morgan fingerprint density at radius 1 is 1.18 bits per heavy atom. The van der Waals surface area contributed by atoms with E-state index in [1.165, 1.54) is 24.5 Å². The van der Waals surface area contributed by atoms with Crippen molar-refractivity contribution in [2.45, 2.75) is 6.36 Å². The molecule has 0 aliphatic carbocycles. The molecule has 0 unspecified atom stereocenters. The summed E-state index contributed by atoms with van der Waals surface area (Å²) in [4.78, 5) is 28.1. The fourth-order valence-electron chi connectivity index (χ4n) is 3.63. The molecule has 1 amide bonds. The number of amides is 1. The van der Waals surface area contributed by atoms with Crippen LogP contribution < -0.4 is 15.4 Å². The first kappa shape index (κ1) is 22.6. The zero-order valence-electron chi connectivity index (χ0n) is 17.1. The number of nitrogen functional groups attached to an aromatic ring is 1. The fraction of sp³-hybridized carbons (Fsp3) is 0.238. The molecule has 1 aromatic carbocycles. The molecule has 0 bridgehead atoms. The molecule has 1 aliphatic rings. The van der Waals surface area contributed by atoms with Crippen LogP contribution in [0.2, 0.25) is 5.02 Å². The molecule has 1 saturated heterocycles. The standard InChI is InChI=1S/C21H18ClF3N6O2/c1-2-18(32)30-5-7-31(8-6-30)20-13-9-14(22)12(10-15(13)27-11-28-20)19-16(33-21(23,24)25)3-4-17(26)29-19/h2-4,9-11H,1,5-8H2,(H2,26,29). The van der Waals surface area contributed by atoms with E-state index < -0.39 is 12.1 Å². The summed E-state index contributed by atoms with van der Waals surface area (Å²) < 4.78 is 42.7. The number of hydrogen-bond acceptors (Lipinski definition) is 7. The highest BCUT2D eigenvalue weighted by Gasteiger charge is 2.33. The quantitative estimate of drug-likeness (QED) is 0.571. The van der Waals surface area contributed by atoms with Crippen LogP contribution in [0, 0.1) is 0 Å². The molecule has 8 nitrogen and oxygen atoms in total. The lowest BCUT2D eigenvalue weighted by molar-refractivity contribution is -0.274. The molecule has 2 aromatic heterocycles. The van der Waals surface area contributed by atoms with E-state index >= 15 is 0 Å². The predicted molar refractivity (Wildman–Crippen MR) is 118 cm³/mol. The number of ether oxygens (including phenoxy) is 1. The van der Waals surface area contributed by atoms with Crippen molar-refractivity contribution in [2.75, 3.05) is 36.8 Å². The van der Waals surface area contributed by atoms with Crippen LogP contribution in [0.1, 0.15) is 0 Å². The number of carbonyl (C=O) groups excluding carboxylic acids is 1. The molecule has 33 heavy (non-hydrogen) atoms. The molecule has 2 N–H and O–H groups in total. The Kier molecular flexibility index (Phi) is 5.98. The normalized spacial score (nSPS) is 14.4. The second-order valence-electron chi connectivity index (χ2n) is 7.19. The first-order chi connectivity index (χ1) is 15.7. The summed E-state index contributed by atoms with van der Waals surface area (Å²) in [5, 5.41) is 0.737. The molecule has 0 radical (unpaired) electrons. The summed E-state index contributed by atoms with van der Waals surface area (Å²) in [5.41, 5.74) is 6.17. The van der Waals surface area contributed by atoms with Gasteiger partial charge in [0, 0.05) is 37.1 Å². The van der Waals surface area contributed by atoms with Crippen LogP contribution in [-0.2, 0) is 4.79 Å². The van der Waals surface area contributed by atoms with Crippen LogP contribution in [0.3, 0.4) is 0 Å². The van der Waals surface area contributed by atoms with Crippen molar-refractivity contribution in [1.29, 1.82) is 0 Å². The van der Waals surface area contributed by atoms with Crippen LogP contribution in [0.25, 0.3) is 22.2 Å². The lowest BCUT2D eigenvalue weighted by Gasteiger charge is -2.35. The molecule has 0 saturated carbocycles. The van der Waals surface area contributed by atoms with E-state index in [4.69, 9.17) is 17.3 Å². The van der Waals surface area contributed by atoms with Crippen molar-refractivity contribution >= 4 is 40.0 Å². The van der Waals surface area contributed by atoms with Gasteiger partial charge in [-0.05, 0) is 30.3 Å². The number of nitrogens with two attached hydrogens (primary N) is 1. The molecule has 12 heteroatoms. The summed E-state index contributed by atoms with van der Waals surface area (Å²) >= 11 is 6.47. The summed E-state index contributed by atoms with van der Waals surface area (Å²) in [5.74, 6) is -0.0610. The van der Waals surface area contributed by atoms with Crippen molar-refractivity contribution in [3.8, 4) is 17.0 Å². The highest BCUT2D eigenvalue weighted by atomic mass is 35.5. The van der Waals surface area contributed by atoms with Crippen molar-refractivity contribution < 1.29 is 22.7 Å². The van der Waals surface area contributed by atoms with E-state index in [0.29, 0.717) is 42.9 Å². The van der Waals surface area contributed by atoms with Gasteiger partial charge in [0.05, 0.1) is 10.5 Å². The van der Waals surface area contributed by atoms with Gasteiger partial charge >= 0.3 is 6.36 Å². The Morgan fingerprint density at radius 3 is 2.58 bits per heavy atom. The number of benzene rings is 1.